The first-order chi connectivity index (χ1) is 16.8. The summed E-state index contributed by atoms with van der Waals surface area (Å²) >= 11 is 6.05. The van der Waals surface area contributed by atoms with Gasteiger partial charge in [-0.25, -0.2) is 0 Å². The van der Waals surface area contributed by atoms with E-state index in [2.05, 4.69) is 9.80 Å². The smallest absolute Gasteiger partial charge is 0.338 e. The van der Waals surface area contributed by atoms with Crippen LogP contribution in [0.4, 0.5) is 26.3 Å². The Hall–Kier alpha value is -2.30. The first kappa shape index (κ1) is 26.8. The van der Waals surface area contributed by atoms with Crippen molar-refractivity contribution in [3.63, 3.8) is 0 Å². The van der Waals surface area contributed by atoms with E-state index in [-0.39, 0.29) is 31.1 Å². The van der Waals surface area contributed by atoms with Crippen LogP contribution in [0.15, 0.2) is 42.5 Å². The summed E-state index contributed by atoms with van der Waals surface area (Å²) in [5.74, 6) is -1.02. The van der Waals surface area contributed by atoms with Gasteiger partial charge >= 0.3 is 12.4 Å². The van der Waals surface area contributed by atoms with Crippen LogP contribution < -0.4 is 0 Å². The highest BCUT2D eigenvalue weighted by atomic mass is 35.5. The number of rotatable bonds is 3. The van der Waals surface area contributed by atoms with Gasteiger partial charge in [-0.1, -0.05) is 23.7 Å². The number of hydrogen-bond donors (Lipinski definition) is 0. The minimum atomic E-state index is -5.02. The van der Waals surface area contributed by atoms with E-state index < -0.39 is 35.0 Å². The van der Waals surface area contributed by atoms with Crippen molar-refractivity contribution in [2.45, 2.75) is 30.7 Å². The van der Waals surface area contributed by atoms with Crippen molar-refractivity contribution in [1.29, 1.82) is 0 Å². The van der Waals surface area contributed by atoms with E-state index in [1.165, 1.54) is 4.90 Å². The molecule has 196 valence electrons. The molecule has 2 saturated heterocycles. The summed E-state index contributed by atoms with van der Waals surface area (Å²) in [7, 11) is 2.04. The van der Waals surface area contributed by atoms with Crippen LogP contribution in [0.2, 0.25) is 5.02 Å². The second kappa shape index (κ2) is 10.2. The van der Waals surface area contributed by atoms with Crippen LogP contribution in [0.1, 0.15) is 39.4 Å². The fourth-order valence-corrected chi connectivity index (χ4v) is 5.14. The molecule has 2 unspecified atom stereocenters. The van der Waals surface area contributed by atoms with Gasteiger partial charge in [-0.15, -0.1) is 0 Å². The lowest BCUT2D eigenvalue weighted by molar-refractivity contribution is -0.143. The predicted molar refractivity (Wildman–Crippen MR) is 124 cm³/mol. The molecule has 2 aliphatic rings. The van der Waals surface area contributed by atoms with Crippen molar-refractivity contribution < 1.29 is 31.1 Å². The number of amides is 1. The van der Waals surface area contributed by atoms with E-state index in [9.17, 15) is 31.1 Å². The van der Waals surface area contributed by atoms with E-state index in [1.807, 2.05) is 19.2 Å². The number of benzene rings is 2. The summed E-state index contributed by atoms with van der Waals surface area (Å²) in [5, 5.41) is 0.544. The summed E-state index contributed by atoms with van der Waals surface area (Å²) < 4.78 is 80.0. The molecule has 2 aromatic carbocycles. The normalized spacial score (nSPS) is 22.6. The van der Waals surface area contributed by atoms with Crippen molar-refractivity contribution in [3.05, 3.63) is 69.7 Å². The van der Waals surface area contributed by atoms with E-state index in [1.54, 1.807) is 12.1 Å². The molecule has 2 heterocycles. The summed E-state index contributed by atoms with van der Waals surface area (Å²) in [4.78, 5) is 19.2. The quantitative estimate of drug-likeness (QED) is 0.479. The molecule has 0 bridgehead atoms. The molecule has 1 amide bonds. The molecule has 0 N–H and O–H groups in total. The van der Waals surface area contributed by atoms with Crippen LogP contribution in [0.5, 0.6) is 0 Å². The van der Waals surface area contributed by atoms with Gasteiger partial charge in [-0.3, -0.25) is 9.69 Å². The number of piperidine rings is 1. The van der Waals surface area contributed by atoms with E-state index in [0.29, 0.717) is 23.6 Å². The molecule has 0 saturated carbocycles. The molecular formula is C25H26ClF6N3O. The Labute approximate surface area is 210 Å². The minimum Gasteiger partial charge on any atom is -0.338 e. The summed E-state index contributed by atoms with van der Waals surface area (Å²) in [5.41, 5.74) is -2.70. The predicted octanol–water partition coefficient (Wildman–Crippen LogP) is 5.62. The average Bonchev–Trinajstić information content (AvgIpc) is 2.83. The Morgan fingerprint density at radius 1 is 0.861 bits per heavy atom. The van der Waals surface area contributed by atoms with Crippen molar-refractivity contribution in [3.8, 4) is 0 Å². The van der Waals surface area contributed by atoms with E-state index >= 15 is 0 Å². The largest absolute Gasteiger partial charge is 0.416 e. The first-order valence-corrected chi connectivity index (χ1v) is 12.0. The Morgan fingerprint density at radius 3 is 1.94 bits per heavy atom. The number of halogens is 7. The van der Waals surface area contributed by atoms with Gasteiger partial charge in [-0.05, 0) is 49.4 Å². The highest BCUT2D eigenvalue weighted by molar-refractivity contribution is 6.30. The molecule has 0 spiro atoms. The van der Waals surface area contributed by atoms with Gasteiger partial charge in [0.25, 0.3) is 5.91 Å². The fraction of sp³-hybridized carbons (Fsp3) is 0.480. The molecule has 0 aromatic heterocycles. The maximum Gasteiger partial charge on any atom is 0.416 e. The average molecular weight is 534 g/mol. The number of nitrogens with zero attached hydrogens (tertiary/aromatic N) is 3. The minimum absolute atomic E-state index is 0.0346. The number of likely N-dealkylation sites (N-methyl/N-ethyl adjacent to an activating group) is 1. The Balaban J connectivity index is 1.64. The lowest BCUT2D eigenvalue weighted by atomic mass is 9.84. The Bertz CT molecular complexity index is 1050. The molecule has 4 nitrogen and oxygen atoms in total. The van der Waals surface area contributed by atoms with Crippen LogP contribution >= 0.6 is 11.6 Å². The number of likely N-dealkylation sites (tertiary alicyclic amines) is 1. The van der Waals surface area contributed by atoms with Crippen molar-refractivity contribution >= 4 is 17.5 Å². The number of alkyl halides is 6. The Morgan fingerprint density at radius 2 is 1.42 bits per heavy atom. The zero-order valence-corrected chi connectivity index (χ0v) is 20.3. The monoisotopic (exact) mass is 533 g/mol. The first-order valence-electron chi connectivity index (χ1n) is 11.6. The molecule has 0 aliphatic carbocycles. The van der Waals surface area contributed by atoms with Gasteiger partial charge in [0.15, 0.2) is 0 Å². The molecule has 36 heavy (non-hydrogen) atoms. The number of carbonyl (C=O) groups excluding carboxylic acids is 1. The third-order valence-electron chi connectivity index (χ3n) is 7.00. The van der Waals surface area contributed by atoms with Crippen molar-refractivity contribution in [1.82, 2.24) is 14.7 Å². The van der Waals surface area contributed by atoms with Crippen molar-refractivity contribution in [2.24, 2.45) is 0 Å². The second-order valence-corrected chi connectivity index (χ2v) is 9.84. The lowest BCUT2D eigenvalue weighted by Gasteiger charge is -2.46. The molecule has 11 heteroatoms. The third kappa shape index (κ3) is 5.98. The fourth-order valence-electron chi connectivity index (χ4n) is 5.01. The highest BCUT2D eigenvalue weighted by Crippen LogP contribution is 2.38. The SMILES string of the molecule is CN1CCN(C2CCN(C(=O)c3cc(C(F)(F)F)cc(C(F)(F)F)c3)CC2c2ccc(Cl)cc2)CC1. The summed E-state index contributed by atoms with van der Waals surface area (Å²) in [6.45, 7) is 3.85. The second-order valence-electron chi connectivity index (χ2n) is 9.40. The van der Waals surface area contributed by atoms with Crippen LogP contribution in [-0.2, 0) is 12.4 Å². The van der Waals surface area contributed by atoms with Gasteiger partial charge in [0.1, 0.15) is 0 Å². The van der Waals surface area contributed by atoms with Gasteiger partial charge in [0, 0.05) is 61.8 Å². The van der Waals surface area contributed by atoms with Gasteiger partial charge in [0.2, 0.25) is 0 Å². The number of carbonyl (C=O) groups is 1. The standard InChI is InChI=1S/C25H26ClF6N3O/c1-33-8-10-34(11-9-33)22-6-7-35(15-21(22)16-2-4-20(26)5-3-16)23(36)17-12-18(24(27,28)29)14-19(13-17)25(30,31)32/h2-5,12-14,21-22H,6-11,15H2,1H3. The maximum atomic E-state index is 13.3. The lowest BCUT2D eigenvalue weighted by Crippen LogP contribution is -2.56. The van der Waals surface area contributed by atoms with Crippen LogP contribution in [-0.4, -0.2) is 73.0 Å². The topological polar surface area (TPSA) is 26.8 Å². The van der Waals surface area contributed by atoms with Crippen molar-refractivity contribution in [2.75, 3.05) is 46.3 Å². The van der Waals surface area contributed by atoms with E-state index in [0.717, 1.165) is 31.7 Å². The zero-order chi connectivity index (χ0) is 26.3. The van der Waals surface area contributed by atoms with E-state index in [4.69, 9.17) is 11.6 Å². The Kier molecular flexibility index (Phi) is 7.60. The number of piperazine rings is 1. The maximum absolute atomic E-state index is 13.3. The van der Waals surface area contributed by atoms with Gasteiger partial charge in [-0.2, -0.15) is 26.3 Å². The summed E-state index contributed by atoms with van der Waals surface area (Å²) in [6, 6.07) is 8.31. The zero-order valence-electron chi connectivity index (χ0n) is 19.5. The number of hydrogen-bond acceptors (Lipinski definition) is 3. The van der Waals surface area contributed by atoms with Gasteiger partial charge < -0.3 is 9.80 Å². The molecule has 0 radical (unpaired) electrons. The third-order valence-corrected chi connectivity index (χ3v) is 7.26. The molecular weight excluding hydrogens is 508 g/mol. The summed E-state index contributed by atoms with van der Waals surface area (Å²) in [6.07, 6.45) is -9.49. The van der Waals surface area contributed by atoms with Crippen LogP contribution in [0, 0.1) is 0 Å². The molecule has 2 fully saturated rings. The van der Waals surface area contributed by atoms with Crippen LogP contribution in [0.25, 0.3) is 0 Å². The highest BCUT2D eigenvalue weighted by Gasteiger charge is 2.40. The molecule has 2 aliphatic heterocycles. The molecule has 4 rings (SSSR count). The molecule has 2 atom stereocenters. The molecule has 2 aromatic rings. The van der Waals surface area contributed by atoms with Gasteiger partial charge in [0.05, 0.1) is 11.1 Å². The van der Waals surface area contributed by atoms with Crippen LogP contribution in [0.3, 0.4) is 0 Å².